The van der Waals surface area contributed by atoms with Crippen LogP contribution in [0.15, 0.2) is 12.3 Å². The number of ether oxygens (including phenoxy) is 1. The molecule has 3 aliphatic rings. The summed E-state index contributed by atoms with van der Waals surface area (Å²) in [5.74, 6) is 2.50. The molecule has 2 saturated heterocycles. The van der Waals surface area contributed by atoms with Gasteiger partial charge in [0, 0.05) is 25.4 Å². The van der Waals surface area contributed by atoms with E-state index in [4.69, 9.17) is 9.84 Å². The van der Waals surface area contributed by atoms with Crippen molar-refractivity contribution in [2.24, 2.45) is 0 Å². The summed E-state index contributed by atoms with van der Waals surface area (Å²) in [4.78, 5) is 0. The smallest absolute Gasteiger partial charge is 0.0762 e. The van der Waals surface area contributed by atoms with Crippen LogP contribution in [0.2, 0.25) is 0 Å². The molecule has 3 heterocycles. The molecular weight excluding hydrogens is 282 g/mol. The summed E-state index contributed by atoms with van der Waals surface area (Å²) in [6.45, 7) is 1.81. The molecule has 1 spiro atoms. The highest BCUT2D eigenvalue weighted by molar-refractivity contribution is 7.99. The van der Waals surface area contributed by atoms with Crippen molar-refractivity contribution in [1.29, 1.82) is 0 Å². The Morgan fingerprint density at radius 2 is 2.19 bits per heavy atom. The summed E-state index contributed by atoms with van der Waals surface area (Å²) in [5.41, 5.74) is 1.33. The van der Waals surface area contributed by atoms with Crippen LogP contribution in [0, 0.1) is 0 Å². The van der Waals surface area contributed by atoms with E-state index in [1.54, 1.807) is 0 Å². The number of hydrogen-bond acceptors (Lipinski definition) is 4. The lowest BCUT2D eigenvalue weighted by atomic mass is 9.85. The molecule has 2 aliphatic heterocycles. The van der Waals surface area contributed by atoms with E-state index in [0.29, 0.717) is 6.04 Å². The average Bonchev–Trinajstić information content (AvgIpc) is 3.22. The van der Waals surface area contributed by atoms with Crippen molar-refractivity contribution < 1.29 is 4.74 Å². The molecule has 5 heteroatoms. The van der Waals surface area contributed by atoms with E-state index in [0.717, 1.165) is 32.0 Å². The number of hydrogen-bond donors (Lipinski definition) is 1. The van der Waals surface area contributed by atoms with Crippen molar-refractivity contribution in [2.45, 2.75) is 62.8 Å². The van der Waals surface area contributed by atoms with Gasteiger partial charge in [0.2, 0.25) is 0 Å². The molecule has 0 bridgehead atoms. The van der Waals surface area contributed by atoms with Crippen LogP contribution < -0.4 is 5.32 Å². The van der Waals surface area contributed by atoms with E-state index in [-0.39, 0.29) is 5.60 Å². The Morgan fingerprint density at radius 1 is 1.33 bits per heavy atom. The van der Waals surface area contributed by atoms with Crippen molar-refractivity contribution >= 4 is 11.8 Å². The Bertz CT molecular complexity index is 474. The fourth-order valence-electron chi connectivity index (χ4n) is 3.53. The van der Waals surface area contributed by atoms with Crippen LogP contribution >= 0.6 is 11.8 Å². The molecule has 1 unspecified atom stereocenters. The zero-order chi connectivity index (χ0) is 14.1. The Balaban J connectivity index is 1.40. The summed E-state index contributed by atoms with van der Waals surface area (Å²) in [6.07, 6.45) is 9.52. The van der Waals surface area contributed by atoms with Gasteiger partial charge in [-0.1, -0.05) is 0 Å². The SMILES string of the molecule is c1cn(C2CCOC3(CCSCC3)C2)nc1CNC1CC1. The minimum atomic E-state index is 0.145. The lowest BCUT2D eigenvalue weighted by Crippen LogP contribution is -2.43. The summed E-state index contributed by atoms with van der Waals surface area (Å²) in [7, 11) is 0. The number of nitrogens with one attached hydrogen (secondary N) is 1. The topological polar surface area (TPSA) is 39.1 Å². The monoisotopic (exact) mass is 307 g/mol. The average molecular weight is 307 g/mol. The van der Waals surface area contributed by atoms with Crippen LogP contribution in [-0.4, -0.2) is 39.5 Å². The summed E-state index contributed by atoms with van der Waals surface area (Å²) in [6, 6.07) is 3.45. The molecule has 3 fully saturated rings. The highest BCUT2D eigenvalue weighted by atomic mass is 32.2. The van der Waals surface area contributed by atoms with Gasteiger partial charge in [0.25, 0.3) is 0 Å². The first kappa shape index (κ1) is 14.1. The van der Waals surface area contributed by atoms with Crippen LogP contribution in [0.1, 0.15) is 50.3 Å². The second-order valence-corrected chi connectivity index (χ2v) is 7.96. The highest BCUT2D eigenvalue weighted by Gasteiger charge is 2.39. The molecule has 1 aromatic heterocycles. The third kappa shape index (κ3) is 3.30. The molecule has 1 aliphatic carbocycles. The molecular formula is C16H25N3OS. The second-order valence-electron chi connectivity index (χ2n) is 6.73. The lowest BCUT2D eigenvalue weighted by molar-refractivity contribution is -0.100. The number of aromatic nitrogens is 2. The minimum Gasteiger partial charge on any atom is -0.375 e. The lowest BCUT2D eigenvalue weighted by Gasteiger charge is -2.43. The maximum atomic E-state index is 6.19. The Kier molecular flexibility index (Phi) is 3.98. The standard InChI is InChI=1S/C16H25N3OS/c1-2-13(1)17-12-14-3-7-19(18-14)15-4-8-20-16(11-15)5-9-21-10-6-16/h3,7,13,15,17H,1-2,4-6,8-12H2. The van der Waals surface area contributed by atoms with Gasteiger partial charge in [-0.25, -0.2) is 0 Å². The van der Waals surface area contributed by atoms with Crippen LogP contribution in [0.25, 0.3) is 0 Å². The quantitative estimate of drug-likeness (QED) is 0.928. The van der Waals surface area contributed by atoms with Crippen molar-refractivity contribution in [3.05, 3.63) is 18.0 Å². The van der Waals surface area contributed by atoms with Gasteiger partial charge in [-0.2, -0.15) is 16.9 Å². The van der Waals surface area contributed by atoms with Gasteiger partial charge in [-0.3, -0.25) is 4.68 Å². The van der Waals surface area contributed by atoms with Crippen molar-refractivity contribution in [2.75, 3.05) is 18.1 Å². The van der Waals surface area contributed by atoms with E-state index in [1.807, 2.05) is 0 Å². The van der Waals surface area contributed by atoms with Crippen molar-refractivity contribution in [3.8, 4) is 0 Å². The molecule has 4 rings (SSSR count). The number of rotatable bonds is 4. The number of nitrogens with zero attached hydrogens (tertiary/aromatic N) is 2. The normalized spacial score (nSPS) is 28.9. The van der Waals surface area contributed by atoms with Gasteiger partial charge in [-0.15, -0.1) is 0 Å². The molecule has 0 amide bonds. The fourth-order valence-corrected chi connectivity index (χ4v) is 4.77. The van der Waals surface area contributed by atoms with Crippen molar-refractivity contribution in [3.63, 3.8) is 0 Å². The van der Waals surface area contributed by atoms with Gasteiger partial charge in [0.05, 0.1) is 17.3 Å². The minimum absolute atomic E-state index is 0.145. The molecule has 4 nitrogen and oxygen atoms in total. The Morgan fingerprint density at radius 3 is 3.00 bits per heavy atom. The third-order valence-corrected chi connectivity index (χ3v) is 6.04. The summed E-state index contributed by atoms with van der Waals surface area (Å²) in [5, 5.41) is 8.35. The Hall–Kier alpha value is -0.520. The Labute approximate surface area is 131 Å². The van der Waals surface area contributed by atoms with Crippen LogP contribution in [0.5, 0.6) is 0 Å². The largest absolute Gasteiger partial charge is 0.375 e. The van der Waals surface area contributed by atoms with E-state index in [9.17, 15) is 0 Å². The van der Waals surface area contributed by atoms with E-state index >= 15 is 0 Å². The predicted octanol–water partition coefficient (Wildman–Crippen LogP) is 2.75. The molecule has 0 radical (unpaired) electrons. The predicted molar refractivity (Wildman–Crippen MR) is 85.6 cm³/mol. The summed E-state index contributed by atoms with van der Waals surface area (Å²) >= 11 is 2.07. The first-order chi connectivity index (χ1) is 10.3. The fraction of sp³-hybridized carbons (Fsp3) is 0.812. The molecule has 116 valence electrons. The van der Waals surface area contributed by atoms with Gasteiger partial charge in [0.15, 0.2) is 0 Å². The van der Waals surface area contributed by atoms with E-state index in [1.165, 1.54) is 42.9 Å². The first-order valence-corrected chi connectivity index (χ1v) is 9.48. The molecule has 1 saturated carbocycles. The first-order valence-electron chi connectivity index (χ1n) is 8.32. The van der Waals surface area contributed by atoms with Crippen LogP contribution in [0.4, 0.5) is 0 Å². The maximum Gasteiger partial charge on any atom is 0.0762 e. The zero-order valence-corrected chi connectivity index (χ0v) is 13.4. The third-order valence-electron chi connectivity index (χ3n) is 5.06. The van der Waals surface area contributed by atoms with E-state index < -0.39 is 0 Å². The van der Waals surface area contributed by atoms with E-state index in [2.05, 4.69) is 34.0 Å². The molecule has 1 aromatic rings. The zero-order valence-electron chi connectivity index (χ0n) is 12.6. The number of thioether (sulfide) groups is 1. The van der Waals surface area contributed by atoms with Crippen molar-refractivity contribution in [1.82, 2.24) is 15.1 Å². The van der Waals surface area contributed by atoms with Crippen LogP contribution in [0.3, 0.4) is 0 Å². The van der Waals surface area contributed by atoms with Gasteiger partial charge < -0.3 is 10.1 Å². The molecule has 1 N–H and O–H groups in total. The molecule has 21 heavy (non-hydrogen) atoms. The van der Waals surface area contributed by atoms with Crippen LogP contribution in [-0.2, 0) is 11.3 Å². The highest BCUT2D eigenvalue weighted by Crippen LogP contribution is 2.41. The molecule has 0 aromatic carbocycles. The molecule has 1 atom stereocenters. The maximum absolute atomic E-state index is 6.19. The van der Waals surface area contributed by atoms with Gasteiger partial charge in [0.1, 0.15) is 0 Å². The summed E-state index contributed by atoms with van der Waals surface area (Å²) < 4.78 is 8.39. The van der Waals surface area contributed by atoms with Gasteiger partial charge >= 0.3 is 0 Å². The van der Waals surface area contributed by atoms with Gasteiger partial charge in [-0.05, 0) is 56.1 Å². The second kappa shape index (κ2) is 5.94.